The van der Waals surface area contributed by atoms with Gasteiger partial charge in [-0.1, -0.05) is 58.4 Å². The molecule has 1 saturated heterocycles. The number of thioether (sulfide) groups is 1. The zero-order chi connectivity index (χ0) is 16.9. The fourth-order valence-electron chi connectivity index (χ4n) is 2.49. The lowest BCUT2D eigenvalue weighted by Crippen LogP contribution is -2.29. The van der Waals surface area contributed by atoms with Gasteiger partial charge in [0.05, 0.1) is 4.91 Å². The number of aryl methyl sites for hydroxylation is 1. The standard InChI is InChI=1S/C19H16BrNO2S/c20-16-10-8-15(9-11-16)13-17-18(22)21(19(23)24-17)12-4-7-14-5-2-1-3-6-14/h1-3,5-6,8-11,13H,4,7,12H2/b17-13+. The number of hydrogen-bond acceptors (Lipinski definition) is 3. The molecule has 1 aliphatic rings. The monoisotopic (exact) mass is 401 g/mol. The van der Waals surface area contributed by atoms with E-state index in [9.17, 15) is 9.59 Å². The van der Waals surface area contributed by atoms with Crippen LogP contribution < -0.4 is 0 Å². The molecular weight excluding hydrogens is 386 g/mol. The lowest BCUT2D eigenvalue weighted by Gasteiger charge is -2.12. The van der Waals surface area contributed by atoms with Crippen LogP contribution in [-0.4, -0.2) is 22.6 Å². The molecule has 0 bridgehead atoms. The Balaban J connectivity index is 1.62. The predicted molar refractivity (Wildman–Crippen MR) is 102 cm³/mol. The molecule has 122 valence electrons. The maximum atomic E-state index is 12.4. The van der Waals surface area contributed by atoms with Crippen LogP contribution in [0.4, 0.5) is 4.79 Å². The third-order valence-electron chi connectivity index (χ3n) is 3.73. The first-order valence-electron chi connectivity index (χ1n) is 7.68. The van der Waals surface area contributed by atoms with Gasteiger partial charge in [-0.3, -0.25) is 14.5 Å². The fourth-order valence-corrected chi connectivity index (χ4v) is 3.62. The Bertz CT molecular complexity index is 772. The Morgan fingerprint density at radius 2 is 1.71 bits per heavy atom. The van der Waals surface area contributed by atoms with E-state index in [0.29, 0.717) is 11.4 Å². The maximum absolute atomic E-state index is 12.4. The molecule has 5 heteroatoms. The van der Waals surface area contributed by atoms with Crippen molar-refractivity contribution in [1.82, 2.24) is 4.90 Å². The number of hydrogen-bond donors (Lipinski definition) is 0. The summed E-state index contributed by atoms with van der Waals surface area (Å²) >= 11 is 4.40. The molecule has 1 fully saturated rings. The summed E-state index contributed by atoms with van der Waals surface area (Å²) in [5.41, 5.74) is 2.13. The average Bonchev–Trinajstić information content (AvgIpc) is 2.85. The van der Waals surface area contributed by atoms with Crippen LogP contribution in [0, 0.1) is 0 Å². The minimum Gasteiger partial charge on any atom is -0.268 e. The highest BCUT2D eigenvalue weighted by Crippen LogP contribution is 2.32. The van der Waals surface area contributed by atoms with Gasteiger partial charge in [-0.05, 0) is 53.9 Å². The minimum atomic E-state index is -0.194. The van der Waals surface area contributed by atoms with E-state index in [1.807, 2.05) is 42.5 Å². The molecule has 0 spiro atoms. The Labute approximate surface area is 153 Å². The van der Waals surface area contributed by atoms with Gasteiger partial charge in [-0.15, -0.1) is 0 Å². The van der Waals surface area contributed by atoms with Crippen molar-refractivity contribution in [2.45, 2.75) is 12.8 Å². The smallest absolute Gasteiger partial charge is 0.268 e. The van der Waals surface area contributed by atoms with Crippen molar-refractivity contribution < 1.29 is 9.59 Å². The first kappa shape index (κ1) is 17.0. The minimum absolute atomic E-state index is 0.184. The first-order chi connectivity index (χ1) is 11.6. The first-order valence-corrected chi connectivity index (χ1v) is 9.29. The molecule has 1 aliphatic heterocycles. The Hall–Kier alpha value is -1.85. The summed E-state index contributed by atoms with van der Waals surface area (Å²) < 4.78 is 0.980. The molecule has 0 N–H and O–H groups in total. The predicted octanol–water partition coefficient (Wildman–Crippen LogP) is 5.12. The van der Waals surface area contributed by atoms with Gasteiger partial charge in [-0.25, -0.2) is 0 Å². The molecule has 24 heavy (non-hydrogen) atoms. The van der Waals surface area contributed by atoms with E-state index >= 15 is 0 Å². The van der Waals surface area contributed by atoms with Gasteiger partial charge >= 0.3 is 0 Å². The van der Waals surface area contributed by atoms with Gasteiger partial charge < -0.3 is 0 Å². The Kier molecular flexibility index (Phi) is 5.53. The third-order valence-corrected chi connectivity index (χ3v) is 5.17. The highest BCUT2D eigenvalue weighted by molar-refractivity contribution is 9.10. The van der Waals surface area contributed by atoms with Crippen LogP contribution in [0.25, 0.3) is 6.08 Å². The molecule has 2 amide bonds. The molecule has 0 unspecified atom stereocenters. The van der Waals surface area contributed by atoms with Crippen molar-refractivity contribution in [1.29, 1.82) is 0 Å². The van der Waals surface area contributed by atoms with Crippen molar-refractivity contribution in [3.63, 3.8) is 0 Å². The molecule has 3 nitrogen and oxygen atoms in total. The van der Waals surface area contributed by atoms with Crippen LogP contribution in [0.1, 0.15) is 17.5 Å². The van der Waals surface area contributed by atoms with E-state index < -0.39 is 0 Å². The van der Waals surface area contributed by atoms with E-state index in [2.05, 4.69) is 28.1 Å². The lowest BCUT2D eigenvalue weighted by molar-refractivity contribution is -0.122. The Morgan fingerprint density at radius 1 is 1.00 bits per heavy atom. The summed E-state index contributed by atoms with van der Waals surface area (Å²) in [6, 6.07) is 17.7. The average molecular weight is 402 g/mol. The summed E-state index contributed by atoms with van der Waals surface area (Å²) in [5.74, 6) is -0.194. The second-order valence-corrected chi connectivity index (χ2v) is 7.38. The van der Waals surface area contributed by atoms with Gasteiger partial charge in [0, 0.05) is 11.0 Å². The van der Waals surface area contributed by atoms with Crippen LogP contribution in [0.5, 0.6) is 0 Å². The number of halogens is 1. The van der Waals surface area contributed by atoms with Crippen molar-refractivity contribution >= 4 is 44.9 Å². The molecule has 0 aromatic heterocycles. The van der Waals surface area contributed by atoms with Crippen LogP contribution >= 0.6 is 27.7 Å². The second-order valence-electron chi connectivity index (χ2n) is 5.47. The number of carbonyl (C=O) groups excluding carboxylic acids is 2. The van der Waals surface area contributed by atoms with Crippen LogP contribution in [0.2, 0.25) is 0 Å². The van der Waals surface area contributed by atoms with Crippen molar-refractivity contribution in [2.24, 2.45) is 0 Å². The van der Waals surface area contributed by atoms with E-state index in [1.54, 1.807) is 6.08 Å². The number of nitrogens with zero attached hydrogens (tertiary/aromatic N) is 1. The Morgan fingerprint density at radius 3 is 2.42 bits per heavy atom. The molecule has 0 radical (unpaired) electrons. The largest absolute Gasteiger partial charge is 0.293 e. The van der Waals surface area contributed by atoms with Gasteiger partial charge in [0.1, 0.15) is 0 Å². The molecule has 3 rings (SSSR count). The summed E-state index contributed by atoms with van der Waals surface area (Å²) in [5, 5.41) is -0.184. The van der Waals surface area contributed by atoms with Crippen molar-refractivity contribution in [3.05, 3.63) is 75.1 Å². The lowest BCUT2D eigenvalue weighted by atomic mass is 10.1. The highest BCUT2D eigenvalue weighted by Gasteiger charge is 2.34. The van der Waals surface area contributed by atoms with Gasteiger partial charge in [0.15, 0.2) is 0 Å². The molecule has 0 aliphatic carbocycles. The van der Waals surface area contributed by atoms with Crippen LogP contribution in [0.15, 0.2) is 64.0 Å². The maximum Gasteiger partial charge on any atom is 0.293 e. The molecular formula is C19H16BrNO2S. The number of carbonyl (C=O) groups is 2. The molecule has 0 atom stereocenters. The normalized spacial score (nSPS) is 16.2. The number of amides is 2. The van der Waals surface area contributed by atoms with Gasteiger partial charge in [0.2, 0.25) is 0 Å². The fraction of sp³-hybridized carbons (Fsp3) is 0.158. The highest BCUT2D eigenvalue weighted by atomic mass is 79.9. The molecule has 2 aromatic carbocycles. The zero-order valence-electron chi connectivity index (χ0n) is 12.9. The van der Waals surface area contributed by atoms with Crippen LogP contribution in [0.3, 0.4) is 0 Å². The van der Waals surface area contributed by atoms with E-state index in [-0.39, 0.29) is 11.1 Å². The summed E-state index contributed by atoms with van der Waals surface area (Å²) in [7, 11) is 0. The van der Waals surface area contributed by atoms with Crippen LogP contribution in [-0.2, 0) is 11.2 Å². The molecule has 1 heterocycles. The topological polar surface area (TPSA) is 37.4 Å². The molecule has 2 aromatic rings. The number of rotatable bonds is 5. The summed E-state index contributed by atoms with van der Waals surface area (Å²) in [4.78, 5) is 26.4. The van der Waals surface area contributed by atoms with Crippen molar-refractivity contribution in [2.75, 3.05) is 6.54 Å². The quantitative estimate of drug-likeness (QED) is 0.652. The van der Waals surface area contributed by atoms with E-state index in [1.165, 1.54) is 10.5 Å². The van der Waals surface area contributed by atoms with Gasteiger partial charge in [0.25, 0.3) is 11.1 Å². The number of imide groups is 1. The van der Waals surface area contributed by atoms with E-state index in [4.69, 9.17) is 0 Å². The second kappa shape index (κ2) is 7.81. The van der Waals surface area contributed by atoms with Gasteiger partial charge in [-0.2, -0.15) is 0 Å². The van der Waals surface area contributed by atoms with Crippen molar-refractivity contribution in [3.8, 4) is 0 Å². The zero-order valence-corrected chi connectivity index (χ0v) is 15.3. The number of benzene rings is 2. The summed E-state index contributed by atoms with van der Waals surface area (Å²) in [6.07, 6.45) is 3.40. The summed E-state index contributed by atoms with van der Waals surface area (Å²) in [6.45, 7) is 0.456. The molecule has 0 saturated carbocycles. The SMILES string of the molecule is O=C1S/C(=C/c2ccc(Br)cc2)C(=O)N1CCCc1ccccc1. The third kappa shape index (κ3) is 4.16. The van der Waals surface area contributed by atoms with E-state index in [0.717, 1.165) is 34.6 Å².